The number of nitrogens with one attached hydrogen (secondary N) is 1. The molecule has 1 aromatic carbocycles. The van der Waals surface area contributed by atoms with Crippen molar-refractivity contribution in [2.75, 3.05) is 11.1 Å². The van der Waals surface area contributed by atoms with Crippen LogP contribution in [0.1, 0.15) is 20.8 Å². The van der Waals surface area contributed by atoms with Crippen LogP contribution in [0.3, 0.4) is 0 Å². The summed E-state index contributed by atoms with van der Waals surface area (Å²) in [5.74, 6) is -0.229. The first-order chi connectivity index (χ1) is 7.90. The van der Waals surface area contributed by atoms with Crippen LogP contribution >= 0.6 is 11.6 Å². The molecule has 0 aliphatic carbocycles. The number of nitrogen functional groups attached to an aromatic ring is 1. The van der Waals surface area contributed by atoms with E-state index in [1.54, 1.807) is 25.1 Å². The molecule has 0 fully saturated rings. The van der Waals surface area contributed by atoms with E-state index < -0.39 is 6.10 Å². The van der Waals surface area contributed by atoms with Crippen LogP contribution in [0.25, 0.3) is 0 Å². The molecule has 0 bridgehead atoms. The number of halogens is 1. The number of benzene rings is 1. The molecule has 0 saturated heterocycles. The maximum Gasteiger partial charge on any atom is 0.253 e. The van der Waals surface area contributed by atoms with E-state index in [1.807, 2.05) is 13.8 Å². The number of hydrogen-bond acceptors (Lipinski definition) is 3. The lowest BCUT2D eigenvalue weighted by Crippen LogP contribution is -2.30. The highest BCUT2D eigenvalue weighted by atomic mass is 35.5. The maximum absolute atomic E-state index is 11.8. The molecule has 1 unspecified atom stereocenters. The molecule has 3 N–H and O–H groups in total. The molecule has 0 aliphatic heterocycles. The molecule has 0 radical (unpaired) electrons. The van der Waals surface area contributed by atoms with Gasteiger partial charge in [0.1, 0.15) is 6.10 Å². The van der Waals surface area contributed by atoms with E-state index in [-0.39, 0.29) is 12.0 Å². The van der Waals surface area contributed by atoms with E-state index in [4.69, 9.17) is 22.1 Å². The Kier molecular flexibility index (Phi) is 4.78. The molecule has 1 amide bonds. The SMILES string of the molecule is CC(C)OC(C)C(=O)Nc1ccc(Cl)cc1N. The molecule has 4 nitrogen and oxygen atoms in total. The summed E-state index contributed by atoms with van der Waals surface area (Å²) in [5, 5.41) is 3.23. The van der Waals surface area contributed by atoms with Gasteiger partial charge in [0.25, 0.3) is 5.91 Å². The van der Waals surface area contributed by atoms with Gasteiger partial charge in [-0.2, -0.15) is 0 Å². The Labute approximate surface area is 106 Å². The van der Waals surface area contributed by atoms with Crippen LogP contribution in [0.5, 0.6) is 0 Å². The summed E-state index contributed by atoms with van der Waals surface area (Å²) in [4.78, 5) is 11.8. The lowest BCUT2D eigenvalue weighted by molar-refractivity contribution is -0.128. The van der Waals surface area contributed by atoms with E-state index in [0.29, 0.717) is 16.4 Å². The number of nitrogens with two attached hydrogens (primary N) is 1. The highest BCUT2D eigenvalue weighted by Gasteiger charge is 2.15. The topological polar surface area (TPSA) is 64.3 Å². The summed E-state index contributed by atoms with van der Waals surface area (Å²) >= 11 is 5.77. The van der Waals surface area contributed by atoms with E-state index >= 15 is 0 Å². The maximum atomic E-state index is 11.8. The highest BCUT2D eigenvalue weighted by Crippen LogP contribution is 2.22. The Morgan fingerprint density at radius 1 is 1.41 bits per heavy atom. The van der Waals surface area contributed by atoms with Crippen LogP contribution in [0.4, 0.5) is 11.4 Å². The van der Waals surface area contributed by atoms with Gasteiger partial charge in [0, 0.05) is 5.02 Å². The summed E-state index contributed by atoms with van der Waals surface area (Å²) in [5.41, 5.74) is 6.70. The molecule has 5 heteroatoms. The van der Waals surface area contributed by atoms with Gasteiger partial charge in [-0.15, -0.1) is 0 Å². The third kappa shape index (κ3) is 4.24. The van der Waals surface area contributed by atoms with Crippen molar-refractivity contribution in [3.63, 3.8) is 0 Å². The normalized spacial score (nSPS) is 12.5. The summed E-state index contributed by atoms with van der Waals surface area (Å²) < 4.78 is 5.37. The summed E-state index contributed by atoms with van der Waals surface area (Å²) in [6, 6.07) is 4.92. The number of carbonyl (C=O) groups is 1. The average molecular weight is 257 g/mol. The molecule has 1 atom stereocenters. The molecule has 1 aromatic rings. The predicted molar refractivity (Wildman–Crippen MR) is 70.2 cm³/mol. The molecule has 17 heavy (non-hydrogen) atoms. The van der Waals surface area contributed by atoms with Gasteiger partial charge in [0.15, 0.2) is 0 Å². The van der Waals surface area contributed by atoms with Gasteiger partial charge in [0.2, 0.25) is 0 Å². The van der Waals surface area contributed by atoms with Gasteiger partial charge < -0.3 is 15.8 Å². The molecule has 0 saturated carbocycles. The van der Waals surface area contributed by atoms with Gasteiger partial charge in [-0.1, -0.05) is 11.6 Å². The van der Waals surface area contributed by atoms with Crippen LogP contribution < -0.4 is 11.1 Å². The van der Waals surface area contributed by atoms with Crippen molar-refractivity contribution in [1.29, 1.82) is 0 Å². The second kappa shape index (κ2) is 5.89. The van der Waals surface area contributed by atoms with E-state index in [0.717, 1.165) is 0 Å². The lowest BCUT2D eigenvalue weighted by atomic mass is 10.2. The fraction of sp³-hybridized carbons (Fsp3) is 0.417. The molecule has 94 valence electrons. The molecule has 0 spiro atoms. The van der Waals surface area contributed by atoms with Crippen LogP contribution in [0.2, 0.25) is 5.02 Å². The first-order valence-electron chi connectivity index (χ1n) is 5.41. The lowest BCUT2D eigenvalue weighted by Gasteiger charge is -2.16. The Morgan fingerprint density at radius 3 is 2.59 bits per heavy atom. The van der Waals surface area contributed by atoms with Crippen molar-refractivity contribution >= 4 is 28.9 Å². The third-order valence-corrected chi connectivity index (χ3v) is 2.35. The van der Waals surface area contributed by atoms with Crippen molar-refractivity contribution in [3.05, 3.63) is 23.2 Å². The van der Waals surface area contributed by atoms with Crippen LogP contribution in [0.15, 0.2) is 18.2 Å². The fourth-order valence-corrected chi connectivity index (χ4v) is 1.53. The van der Waals surface area contributed by atoms with Crippen molar-refractivity contribution in [3.8, 4) is 0 Å². The molecular weight excluding hydrogens is 240 g/mol. The Morgan fingerprint density at radius 2 is 2.06 bits per heavy atom. The van der Waals surface area contributed by atoms with Gasteiger partial charge >= 0.3 is 0 Å². The smallest absolute Gasteiger partial charge is 0.253 e. The van der Waals surface area contributed by atoms with Crippen molar-refractivity contribution in [2.24, 2.45) is 0 Å². The third-order valence-electron chi connectivity index (χ3n) is 2.12. The van der Waals surface area contributed by atoms with Crippen LogP contribution in [-0.2, 0) is 9.53 Å². The van der Waals surface area contributed by atoms with Crippen LogP contribution in [-0.4, -0.2) is 18.1 Å². The summed E-state index contributed by atoms with van der Waals surface area (Å²) in [6.07, 6.45) is -0.525. The average Bonchev–Trinajstić information content (AvgIpc) is 2.21. The molecule has 1 rings (SSSR count). The zero-order chi connectivity index (χ0) is 13.0. The second-order valence-electron chi connectivity index (χ2n) is 4.05. The van der Waals surface area contributed by atoms with Crippen molar-refractivity contribution < 1.29 is 9.53 Å². The van der Waals surface area contributed by atoms with Gasteiger partial charge in [-0.25, -0.2) is 0 Å². The zero-order valence-electron chi connectivity index (χ0n) is 10.2. The van der Waals surface area contributed by atoms with Crippen molar-refractivity contribution in [2.45, 2.75) is 33.0 Å². The van der Waals surface area contributed by atoms with E-state index in [1.165, 1.54) is 0 Å². The Bertz CT molecular complexity index is 407. The highest BCUT2D eigenvalue weighted by molar-refractivity contribution is 6.31. The molecule has 0 aromatic heterocycles. The number of hydrogen-bond donors (Lipinski definition) is 2. The summed E-state index contributed by atoms with van der Waals surface area (Å²) in [7, 11) is 0. The number of carbonyl (C=O) groups excluding carboxylic acids is 1. The molecular formula is C12H17ClN2O2. The number of anilines is 2. The van der Waals surface area contributed by atoms with E-state index in [9.17, 15) is 4.79 Å². The summed E-state index contributed by atoms with van der Waals surface area (Å²) in [6.45, 7) is 5.45. The number of amides is 1. The predicted octanol–water partition coefficient (Wildman–Crippen LogP) is 2.67. The zero-order valence-corrected chi connectivity index (χ0v) is 10.9. The quantitative estimate of drug-likeness (QED) is 0.814. The Hall–Kier alpha value is -1.26. The molecule has 0 aliphatic rings. The number of rotatable bonds is 4. The minimum Gasteiger partial charge on any atom is -0.397 e. The second-order valence-corrected chi connectivity index (χ2v) is 4.48. The first kappa shape index (κ1) is 13.8. The van der Waals surface area contributed by atoms with Gasteiger partial charge in [-0.3, -0.25) is 4.79 Å². The minimum absolute atomic E-state index is 0.00156. The van der Waals surface area contributed by atoms with Crippen LogP contribution in [0, 0.1) is 0 Å². The molecule has 0 heterocycles. The van der Waals surface area contributed by atoms with Gasteiger partial charge in [0.05, 0.1) is 17.5 Å². The van der Waals surface area contributed by atoms with Gasteiger partial charge in [-0.05, 0) is 39.0 Å². The minimum atomic E-state index is -0.523. The first-order valence-corrected chi connectivity index (χ1v) is 5.79. The monoisotopic (exact) mass is 256 g/mol. The number of ether oxygens (including phenoxy) is 1. The Balaban J connectivity index is 2.67. The largest absolute Gasteiger partial charge is 0.397 e. The standard InChI is InChI=1S/C12H17ClN2O2/c1-7(2)17-8(3)12(16)15-11-5-4-9(13)6-10(11)14/h4-8H,14H2,1-3H3,(H,15,16). The fourth-order valence-electron chi connectivity index (χ4n) is 1.35. The van der Waals surface area contributed by atoms with Crippen molar-refractivity contribution in [1.82, 2.24) is 0 Å². The van der Waals surface area contributed by atoms with E-state index in [2.05, 4.69) is 5.32 Å².